The maximum Gasteiger partial charge on any atom is 0.338 e. The standard InChI is InChI=1S/C30H25ClN2O4S/c1-3-36-29(35)26-19(2)32-30-33(27(26)21-9-5-4-6-10-21)28(34)25(38-30)17-20-13-15-23(16-14-20)37-18-22-11-7-8-12-24(22)31/h4-17,27H,3,18H2,1-2H3/b25-17+/t27-/m0/s1. The predicted molar refractivity (Wildman–Crippen MR) is 149 cm³/mol. The first kappa shape index (κ1) is 25.7. The van der Waals surface area contributed by atoms with Gasteiger partial charge in [0.05, 0.1) is 28.5 Å². The molecule has 3 aromatic carbocycles. The summed E-state index contributed by atoms with van der Waals surface area (Å²) >= 11 is 7.51. The molecule has 0 unspecified atom stereocenters. The van der Waals surface area contributed by atoms with E-state index in [2.05, 4.69) is 4.99 Å². The third-order valence-electron chi connectivity index (χ3n) is 6.16. The summed E-state index contributed by atoms with van der Waals surface area (Å²) in [5, 5.41) is 0.662. The molecule has 2 heterocycles. The van der Waals surface area contributed by atoms with Crippen molar-refractivity contribution in [2.75, 3.05) is 6.61 Å². The number of allylic oxidation sites excluding steroid dienone is 1. The van der Waals surface area contributed by atoms with Crippen molar-refractivity contribution in [2.24, 2.45) is 4.99 Å². The number of ether oxygens (including phenoxy) is 2. The zero-order valence-electron chi connectivity index (χ0n) is 20.9. The number of fused-ring (bicyclic) bond motifs is 1. The van der Waals surface area contributed by atoms with E-state index >= 15 is 0 Å². The summed E-state index contributed by atoms with van der Waals surface area (Å²) in [5.41, 5.74) is 3.28. The van der Waals surface area contributed by atoms with Crippen LogP contribution in [-0.4, -0.2) is 17.1 Å². The average molecular weight is 545 g/mol. The lowest BCUT2D eigenvalue weighted by atomic mass is 9.96. The molecule has 5 rings (SSSR count). The average Bonchev–Trinajstić information content (AvgIpc) is 3.23. The lowest BCUT2D eigenvalue weighted by Gasteiger charge is -2.24. The third-order valence-corrected chi connectivity index (χ3v) is 7.51. The van der Waals surface area contributed by atoms with Gasteiger partial charge in [-0.3, -0.25) is 9.36 Å². The monoisotopic (exact) mass is 544 g/mol. The van der Waals surface area contributed by atoms with Crippen molar-refractivity contribution in [3.63, 3.8) is 0 Å². The molecule has 1 atom stereocenters. The third kappa shape index (κ3) is 5.21. The van der Waals surface area contributed by atoms with Gasteiger partial charge in [-0.25, -0.2) is 9.79 Å². The van der Waals surface area contributed by atoms with Crippen LogP contribution in [0.25, 0.3) is 6.08 Å². The van der Waals surface area contributed by atoms with Crippen molar-refractivity contribution >= 4 is 35.0 Å². The van der Waals surface area contributed by atoms with Crippen LogP contribution in [0.15, 0.2) is 99.9 Å². The number of esters is 1. The van der Waals surface area contributed by atoms with Crippen molar-refractivity contribution in [2.45, 2.75) is 26.5 Å². The van der Waals surface area contributed by atoms with Gasteiger partial charge in [0.25, 0.3) is 5.56 Å². The Morgan fingerprint density at radius 3 is 2.47 bits per heavy atom. The summed E-state index contributed by atoms with van der Waals surface area (Å²) in [6, 6.07) is 23.9. The SMILES string of the molecule is CCOC(=O)C1=C(C)N=c2s/c(=C/c3ccc(OCc4ccccc4Cl)cc3)c(=O)n2[C@H]1c1ccccc1. The highest BCUT2D eigenvalue weighted by Gasteiger charge is 2.33. The van der Waals surface area contributed by atoms with E-state index in [1.807, 2.05) is 84.9 Å². The van der Waals surface area contributed by atoms with E-state index < -0.39 is 12.0 Å². The molecule has 6 nitrogen and oxygen atoms in total. The second-order valence-electron chi connectivity index (χ2n) is 8.66. The second kappa shape index (κ2) is 11.2. The quantitative estimate of drug-likeness (QED) is 0.306. The normalized spacial score (nSPS) is 15.1. The first-order chi connectivity index (χ1) is 18.5. The maximum absolute atomic E-state index is 13.7. The summed E-state index contributed by atoms with van der Waals surface area (Å²) in [6.07, 6.45) is 1.83. The van der Waals surface area contributed by atoms with Gasteiger partial charge in [-0.1, -0.05) is 83.6 Å². The second-order valence-corrected chi connectivity index (χ2v) is 10.1. The zero-order chi connectivity index (χ0) is 26.6. The minimum atomic E-state index is -0.616. The predicted octanol–water partition coefficient (Wildman–Crippen LogP) is 5.03. The van der Waals surface area contributed by atoms with E-state index in [4.69, 9.17) is 21.1 Å². The Hall–Kier alpha value is -3.94. The van der Waals surface area contributed by atoms with Gasteiger partial charge in [-0.15, -0.1) is 0 Å². The first-order valence-electron chi connectivity index (χ1n) is 12.2. The molecule has 1 aliphatic heterocycles. The number of nitrogens with zero attached hydrogens (tertiary/aromatic N) is 2. The number of aromatic nitrogens is 1. The van der Waals surface area contributed by atoms with Crippen molar-refractivity contribution in [3.8, 4) is 5.75 Å². The molecule has 192 valence electrons. The molecule has 0 bridgehead atoms. The topological polar surface area (TPSA) is 69.9 Å². The van der Waals surface area contributed by atoms with Gasteiger partial charge in [0.15, 0.2) is 4.80 Å². The number of hydrogen-bond acceptors (Lipinski definition) is 6. The van der Waals surface area contributed by atoms with Gasteiger partial charge >= 0.3 is 5.97 Å². The van der Waals surface area contributed by atoms with Crippen LogP contribution in [0.4, 0.5) is 0 Å². The fourth-order valence-electron chi connectivity index (χ4n) is 4.33. The zero-order valence-corrected chi connectivity index (χ0v) is 22.5. The Kier molecular flexibility index (Phi) is 7.58. The highest BCUT2D eigenvalue weighted by Crippen LogP contribution is 2.30. The smallest absolute Gasteiger partial charge is 0.338 e. The molecule has 0 aliphatic carbocycles. The molecule has 0 fully saturated rings. The summed E-state index contributed by atoms with van der Waals surface area (Å²) in [7, 11) is 0. The number of hydrogen-bond donors (Lipinski definition) is 0. The van der Waals surface area contributed by atoms with Crippen LogP contribution in [0.2, 0.25) is 5.02 Å². The Bertz CT molecular complexity index is 1690. The lowest BCUT2D eigenvalue weighted by molar-refractivity contribution is -0.139. The van der Waals surface area contributed by atoms with E-state index in [1.54, 1.807) is 18.4 Å². The van der Waals surface area contributed by atoms with E-state index in [0.29, 0.717) is 38.0 Å². The van der Waals surface area contributed by atoms with Crippen LogP contribution in [-0.2, 0) is 16.1 Å². The summed E-state index contributed by atoms with van der Waals surface area (Å²) in [5.74, 6) is 0.228. The van der Waals surface area contributed by atoms with Crippen LogP contribution < -0.4 is 19.6 Å². The van der Waals surface area contributed by atoms with Crippen LogP contribution in [0.3, 0.4) is 0 Å². The minimum Gasteiger partial charge on any atom is -0.489 e. The molecular weight excluding hydrogens is 520 g/mol. The maximum atomic E-state index is 13.7. The van der Waals surface area contributed by atoms with Gasteiger partial charge in [0, 0.05) is 10.6 Å². The fourth-order valence-corrected chi connectivity index (χ4v) is 5.57. The molecular formula is C30H25ClN2O4S. The van der Waals surface area contributed by atoms with Crippen molar-refractivity contribution in [3.05, 3.63) is 132 Å². The highest BCUT2D eigenvalue weighted by atomic mass is 35.5. The lowest BCUT2D eigenvalue weighted by Crippen LogP contribution is -2.39. The van der Waals surface area contributed by atoms with Gasteiger partial charge in [0.1, 0.15) is 12.4 Å². The van der Waals surface area contributed by atoms with Crippen LogP contribution >= 0.6 is 22.9 Å². The molecule has 0 radical (unpaired) electrons. The van der Waals surface area contributed by atoms with E-state index in [-0.39, 0.29) is 12.2 Å². The van der Waals surface area contributed by atoms with E-state index in [9.17, 15) is 9.59 Å². The molecule has 0 saturated heterocycles. The summed E-state index contributed by atoms with van der Waals surface area (Å²) in [4.78, 5) is 31.7. The molecule has 8 heteroatoms. The largest absolute Gasteiger partial charge is 0.489 e. The van der Waals surface area contributed by atoms with Crippen molar-refractivity contribution in [1.29, 1.82) is 0 Å². The molecule has 1 aromatic heterocycles. The highest BCUT2D eigenvalue weighted by molar-refractivity contribution is 7.07. The van der Waals surface area contributed by atoms with Crippen LogP contribution in [0, 0.1) is 0 Å². The molecule has 0 saturated carbocycles. The Morgan fingerprint density at radius 1 is 1.05 bits per heavy atom. The van der Waals surface area contributed by atoms with Crippen molar-refractivity contribution < 1.29 is 14.3 Å². The van der Waals surface area contributed by atoms with Gasteiger partial charge < -0.3 is 9.47 Å². The molecule has 4 aromatic rings. The summed E-state index contributed by atoms with van der Waals surface area (Å²) < 4.78 is 13.3. The molecule has 0 N–H and O–H groups in total. The number of thiazole rings is 1. The number of benzene rings is 3. The number of rotatable bonds is 7. The van der Waals surface area contributed by atoms with Gasteiger partial charge in [0.2, 0.25) is 0 Å². The molecule has 0 spiro atoms. The number of carbonyl (C=O) groups is 1. The van der Waals surface area contributed by atoms with E-state index in [0.717, 1.165) is 16.7 Å². The van der Waals surface area contributed by atoms with E-state index in [1.165, 1.54) is 11.3 Å². The number of halogens is 1. The van der Waals surface area contributed by atoms with Gasteiger partial charge in [-0.05, 0) is 49.2 Å². The van der Waals surface area contributed by atoms with Crippen molar-refractivity contribution in [1.82, 2.24) is 4.57 Å². The Balaban J connectivity index is 1.49. The van der Waals surface area contributed by atoms with Gasteiger partial charge in [-0.2, -0.15) is 0 Å². The summed E-state index contributed by atoms with van der Waals surface area (Å²) in [6.45, 7) is 4.13. The van der Waals surface area contributed by atoms with Crippen LogP contribution in [0.5, 0.6) is 5.75 Å². The fraction of sp³-hybridized carbons (Fsp3) is 0.167. The molecule has 38 heavy (non-hydrogen) atoms. The minimum absolute atomic E-state index is 0.212. The Labute approximate surface area is 228 Å². The molecule has 0 amide bonds. The first-order valence-corrected chi connectivity index (χ1v) is 13.4. The number of carbonyl (C=O) groups excluding carboxylic acids is 1. The van der Waals surface area contributed by atoms with Crippen LogP contribution in [0.1, 0.15) is 36.6 Å². The Morgan fingerprint density at radius 2 is 1.76 bits per heavy atom. The molecule has 1 aliphatic rings.